The van der Waals surface area contributed by atoms with Crippen molar-refractivity contribution in [2.75, 3.05) is 44.3 Å². The molecule has 0 bridgehead atoms. The van der Waals surface area contributed by atoms with E-state index < -0.39 is 47.5 Å². The van der Waals surface area contributed by atoms with E-state index in [1.165, 1.54) is 16.7 Å². The first-order valence-electron chi connectivity index (χ1n) is 15.6. The van der Waals surface area contributed by atoms with Crippen LogP contribution in [0.15, 0.2) is 39.7 Å². The Morgan fingerprint density at radius 1 is 1.27 bits per heavy atom. The van der Waals surface area contributed by atoms with Crippen LogP contribution in [0, 0.1) is 5.92 Å². The van der Waals surface area contributed by atoms with E-state index in [0.29, 0.717) is 37.1 Å². The molecule has 0 saturated carbocycles. The number of likely N-dealkylation sites (tertiary alicyclic amines) is 1. The third kappa shape index (κ3) is 7.39. The molecule has 2 unspecified atom stereocenters. The van der Waals surface area contributed by atoms with Gasteiger partial charge in [0.25, 0.3) is 11.8 Å². The average Bonchev–Trinajstić information content (AvgIpc) is 3.83. The molecule has 3 atom stereocenters. The third-order valence-corrected chi connectivity index (χ3v) is 9.89. The van der Waals surface area contributed by atoms with Crippen molar-refractivity contribution in [3.05, 3.63) is 40.4 Å². The van der Waals surface area contributed by atoms with Crippen LogP contribution in [-0.4, -0.2) is 116 Å². The number of oxime groups is 1. The van der Waals surface area contributed by atoms with Crippen molar-refractivity contribution in [2.45, 2.75) is 57.5 Å². The van der Waals surface area contributed by atoms with Gasteiger partial charge in [0.2, 0.25) is 17.4 Å². The minimum atomic E-state index is -1.09. The van der Waals surface area contributed by atoms with Gasteiger partial charge < -0.3 is 35.9 Å². The van der Waals surface area contributed by atoms with Crippen LogP contribution in [-0.2, 0) is 33.4 Å². The summed E-state index contributed by atoms with van der Waals surface area (Å²) in [6.07, 6.45) is 5.09. The number of nitrogens with zero attached hydrogens (tertiary/aromatic N) is 5. The van der Waals surface area contributed by atoms with Crippen molar-refractivity contribution in [2.24, 2.45) is 11.1 Å². The standard InChI is InChI=1S/C30H38N8O8S2/c1-4-5-17(28(42)45-12-15(2)3)13-46-29(43)22-18(10-16-7-9-37(25(16)40)19-6-8-32-11-19)14-47-27-21(26(41)38(22)27)33-24(39)20(35-44)23-34-30(31)48-36-23/h5,10,15,19,21,27,32,44H,4,6-9,11-14H2,1-3H3,(H,33,39)(H2,31,34,36)/b16-10+,17-5+,35-20+/t19?,21-,27?/m1/s1. The number of anilines is 1. The maximum Gasteiger partial charge on any atom is 0.355 e. The number of nitrogens with one attached hydrogen (secondary N) is 2. The van der Waals surface area contributed by atoms with Crippen LogP contribution in [0.1, 0.15) is 45.9 Å². The number of rotatable bonds is 12. The molecule has 0 radical (unpaired) electrons. The van der Waals surface area contributed by atoms with Gasteiger partial charge in [0.1, 0.15) is 23.7 Å². The van der Waals surface area contributed by atoms with Gasteiger partial charge in [-0.25, -0.2) is 9.59 Å². The summed E-state index contributed by atoms with van der Waals surface area (Å²) >= 11 is 2.08. The summed E-state index contributed by atoms with van der Waals surface area (Å²) in [7, 11) is 0. The molecule has 0 aliphatic carbocycles. The monoisotopic (exact) mass is 702 g/mol. The second-order valence-electron chi connectivity index (χ2n) is 11.9. The Bertz CT molecular complexity index is 1600. The predicted octanol–water partition coefficient (Wildman–Crippen LogP) is 0.552. The Balaban J connectivity index is 1.39. The lowest BCUT2D eigenvalue weighted by molar-refractivity contribution is -0.152. The van der Waals surface area contributed by atoms with Crippen LogP contribution in [0.25, 0.3) is 0 Å². The zero-order valence-electron chi connectivity index (χ0n) is 26.8. The highest BCUT2D eigenvalue weighted by atomic mass is 32.2. The molecule has 1 aromatic rings. The lowest BCUT2D eigenvalue weighted by atomic mass is 10.0. The van der Waals surface area contributed by atoms with E-state index >= 15 is 0 Å². The molecular weight excluding hydrogens is 665 g/mol. The highest BCUT2D eigenvalue weighted by molar-refractivity contribution is 8.00. The van der Waals surface area contributed by atoms with E-state index in [-0.39, 0.29) is 52.5 Å². The van der Waals surface area contributed by atoms with Crippen molar-refractivity contribution in [3.63, 3.8) is 0 Å². The Kier molecular flexibility index (Phi) is 11.2. The topological polar surface area (TPSA) is 219 Å². The summed E-state index contributed by atoms with van der Waals surface area (Å²) in [5.74, 6) is -3.02. The molecule has 5 heterocycles. The maximum absolute atomic E-state index is 13.8. The number of fused-ring (bicyclic) bond motifs is 1. The molecule has 5 N–H and O–H groups in total. The van der Waals surface area contributed by atoms with Crippen LogP contribution in [0.2, 0.25) is 0 Å². The Labute approximate surface area is 285 Å². The van der Waals surface area contributed by atoms with E-state index in [2.05, 4.69) is 25.1 Å². The molecule has 4 aliphatic heterocycles. The van der Waals surface area contributed by atoms with Gasteiger partial charge in [-0.3, -0.25) is 19.3 Å². The summed E-state index contributed by atoms with van der Waals surface area (Å²) in [6.45, 7) is 7.54. The van der Waals surface area contributed by atoms with E-state index in [4.69, 9.17) is 15.2 Å². The second kappa shape index (κ2) is 15.3. The lowest BCUT2D eigenvalue weighted by Gasteiger charge is -2.49. The number of hydrogen-bond donors (Lipinski definition) is 4. The van der Waals surface area contributed by atoms with Crippen LogP contribution in [0.4, 0.5) is 5.13 Å². The molecule has 18 heteroatoms. The van der Waals surface area contributed by atoms with Crippen molar-refractivity contribution < 1.29 is 38.7 Å². The SMILES string of the molecule is CC/C=C(\COC(=O)C1=C(/C=C2\CCN(C3CCNC3)C2=O)CSC2[C@H](NC(=O)/C(=N/O)c3nsc(N)n3)C(=O)N12)C(=O)OCC(C)C. The number of carbonyl (C=O) groups is 5. The van der Waals surface area contributed by atoms with Crippen LogP contribution in [0.5, 0.6) is 0 Å². The predicted molar refractivity (Wildman–Crippen MR) is 176 cm³/mol. The molecule has 5 rings (SSSR count). The average molecular weight is 703 g/mol. The summed E-state index contributed by atoms with van der Waals surface area (Å²) in [5.41, 5.74) is 6.07. The van der Waals surface area contributed by atoms with Crippen molar-refractivity contribution >= 4 is 63.8 Å². The molecule has 258 valence electrons. The Hall–Kier alpha value is -4.29. The maximum atomic E-state index is 13.8. The number of aromatic nitrogens is 2. The van der Waals surface area contributed by atoms with Gasteiger partial charge in [0.15, 0.2) is 5.13 Å². The van der Waals surface area contributed by atoms with Gasteiger partial charge in [-0.1, -0.05) is 32.0 Å². The largest absolute Gasteiger partial charge is 0.462 e. The molecule has 16 nitrogen and oxygen atoms in total. The highest BCUT2D eigenvalue weighted by Crippen LogP contribution is 2.42. The van der Waals surface area contributed by atoms with E-state index in [1.54, 1.807) is 12.2 Å². The molecule has 0 spiro atoms. The first-order chi connectivity index (χ1) is 23.0. The van der Waals surface area contributed by atoms with Crippen molar-refractivity contribution in [1.82, 2.24) is 29.8 Å². The molecule has 1 aromatic heterocycles. The molecule has 0 aromatic carbocycles. The van der Waals surface area contributed by atoms with E-state index in [1.807, 2.05) is 25.7 Å². The van der Waals surface area contributed by atoms with E-state index in [9.17, 15) is 29.2 Å². The fourth-order valence-electron chi connectivity index (χ4n) is 5.70. The molecule has 4 aliphatic rings. The van der Waals surface area contributed by atoms with Crippen molar-refractivity contribution in [1.29, 1.82) is 0 Å². The molecular formula is C30H38N8O8S2. The Morgan fingerprint density at radius 3 is 2.71 bits per heavy atom. The quantitative estimate of drug-likeness (QED) is 0.0585. The van der Waals surface area contributed by atoms with Gasteiger partial charge in [0, 0.05) is 42.0 Å². The molecule has 3 amide bonds. The van der Waals surface area contributed by atoms with Gasteiger partial charge in [-0.15, -0.1) is 11.8 Å². The normalized spacial score (nSPS) is 23.9. The number of thioether (sulfide) groups is 1. The van der Waals surface area contributed by atoms with E-state index in [0.717, 1.165) is 24.5 Å². The zero-order chi connectivity index (χ0) is 34.5. The first kappa shape index (κ1) is 35.0. The first-order valence-corrected chi connectivity index (χ1v) is 17.4. The fraction of sp³-hybridized carbons (Fsp3) is 0.533. The minimum absolute atomic E-state index is 0.0523. The fourth-order valence-corrected chi connectivity index (χ4v) is 7.44. The highest BCUT2D eigenvalue weighted by Gasteiger charge is 2.55. The number of esters is 2. The molecule has 3 saturated heterocycles. The van der Waals surface area contributed by atoms with Gasteiger partial charge in [-0.2, -0.15) is 9.36 Å². The van der Waals surface area contributed by atoms with Crippen LogP contribution < -0.4 is 16.4 Å². The number of nitrogens with two attached hydrogens (primary N) is 1. The lowest BCUT2D eigenvalue weighted by Crippen LogP contribution is -2.71. The number of β-lactam (4-membered cyclic amide) rings is 1. The summed E-state index contributed by atoms with van der Waals surface area (Å²) < 4.78 is 14.8. The number of nitrogen functional groups attached to an aromatic ring is 1. The minimum Gasteiger partial charge on any atom is -0.462 e. The molecule has 3 fully saturated rings. The number of carbonyl (C=O) groups excluding carboxylic acids is 5. The smallest absolute Gasteiger partial charge is 0.355 e. The molecule has 48 heavy (non-hydrogen) atoms. The third-order valence-electron chi connectivity index (χ3n) is 8.05. The number of ether oxygens (including phenoxy) is 2. The van der Waals surface area contributed by atoms with Gasteiger partial charge in [0.05, 0.1) is 12.2 Å². The number of allylic oxidation sites excluding steroid dienone is 2. The van der Waals surface area contributed by atoms with Gasteiger partial charge >= 0.3 is 11.9 Å². The summed E-state index contributed by atoms with van der Waals surface area (Å²) in [4.78, 5) is 73.3. The van der Waals surface area contributed by atoms with Gasteiger partial charge in [-0.05, 0) is 43.4 Å². The number of amides is 3. The van der Waals surface area contributed by atoms with Crippen LogP contribution in [0.3, 0.4) is 0 Å². The Morgan fingerprint density at radius 2 is 2.06 bits per heavy atom. The zero-order valence-corrected chi connectivity index (χ0v) is 28.4. The van der Waals surface area contributed by atoms with Crippen LogP contribution >= 0.6 is 23.3 Å². The summed E-state index contributed by atoms with van der Waals surface area (Å²) in [6, 6.07) is -0.997. The summed E-state index contributed by atoms with van der Waals surface area (Å²) in [5, 5.41) is 17.6. The van der Waals surface area contributed by atoms with Crippen molar-refractivity contribution in [3.8, 4) is 0 Å². The number of hydrogen-bond acceptors (Lipinski definition) is 15. The second-order valence-corrected chi connectivity index (χ2v) is 13.8.